The Morgan fingerprint density at radius 1 is 1.05 bits per heavy atom. The Kier molecular flexibility index (Phi) is 6.35. The third kappa shape index (κ3) is 3.98. The maximum absolute atomic E-state index is 3.78. The number of hydrogen-bond acceptors (Lipinski definition) is 2. The van der Waals surface area contributed by atoms with Crippen molar-refractivity contribution in [1.82, 2.24) is 10.2 Å². The van der Waals surface area contributed by atoms with Crippen molar-refractivity contribution in [3.05, 3.63) is 0 Å². The van der Waals surface area contributed by atoms with Gasteiger partial charge in [0.2, 0.25) is 0 Å². The summed E-state index contributed by atoms with van der Waals surface area (Å²) in [5, 5.41) is 3.78. The molecule has 0 bridgehead atoms. The van der Waals surface area contributed by atoms with Crippen LogP contribution in [-0.2, 0) is 0 Å². The van der Waals surface area contributed by atoms with Crippen LogP contribution in [0.1, 0.15) is 72.6 Å². The summed E-state index contributed by atoms with van der Waals surface area (Å²) in [5.41, 5.74) is 0. The van der Waals surface area contributed by atoms with Gasteiger partial charge in [0.1, 0.15) is 0 Å². The molecule has 2 rings (SSSR count). The number of likely N-dealkylation sites (tertiary alicyclic amines) is 1. The maximum atomic E-state index is 3.78. The molecule has 5 atom stereocenters. The SMILES string of the molecule is CCCC1CCC(NCC)C(N2CCC(C)CC2C)C1. The molecule has 118 valence electrons. The zero-order valence-corrected chi connectivity index (χ0v) is 14.2. The van der Waals surface area contributed by atoms with Crippen molar-refractivity contribution in [2.45, 2.75) is 90.8 Å². The normalized spacial score (nSPS) is 39.9. The lowest BCUT2D eigenvalue weighted by Crippen LogP contribution is -2.57. The molecule has 1 saturated carbocycles. The molecule has 1 aliphatic heterocycles. The molecule has 0 aromatic carbocycles. The molecule has 1 saturated heterocycles. The highest BCUT2D eigenvalue weighted by Crippen LogP contribution is 2.35. The number of likely N-dealkylation sites (N-methyl/N-ethyl adjacent to an activating group) is 1. The van der Waals surface area contributed by atoms with Gasteiger partial charge in [0.05, 0.1) is 0 Å². The van der Waals surface area contributed by atoms with E-state index in [1.54, 1.807) is 0 Å². The van der Waals surface area contributed by atoms with Gasteiger partial charge in [0.25, 0.3) is 0 Å². The van der Waals surface area contributed by atoms with Crippen molar-refractivity contribution < 1.29 is 0 Å². The summed E-state index contributed by atoms with van der Waals surface area (Å²) in [6.45, 7) is 11.9. The highest BCUT2D eigenvalue weighted by molar-refractivity contribution is 4.94. The van der Waals surface area contributed by atoms with Crippen LogP contribution in [0.25, 0.3) is 0 Å². The Morgan fingerprint density at radius 3 is 2.50 bits per heavy atom. The number of piperidine rings is 1. The lowest BCUT2D eigenvalue weighted by atomic mass is 9.78. The van der Waals surface area contributed by atoms with E-state index in [2.05, 4.69) is 37.9 Å². The molecule has 2 fully saturated rings. The van der Waals surface area contributed by atoms with E-state index in [0.717, 1.165) is 36.5 Å². The molecule has 2 nitrogen and oxygen atoms in total. The van der Waals surface area contributed by atoms with Gasteiger partial charge in [-0.3, -0.25) is 4.90 Å². The Morgan fingerprint density at radius 2 is 1.85 bits per heavy atom. The van der Waals surface area contributed by atoms with Gasteiger partial charge < -0.3 is 5.32 Å². The van der Waals surface area contributed by atoms with Gasteiger partial charge in [0.15, 0.2) is 0 Å². The second-order valence-corrected chi connectivity index (χ2v) is 7.42. The van der Waals surface area contributed by atoms with Crippen LogP contribution in [0.5, 0.6) is 0 Å². The van der Waals surface area contributed by atoms with Crippen LogP contribution in [0.15, 0.2) is 0 Å². The number of nitrogens with one attached hydrogen (secondary N) is 1. The summed E-state index contributed by atoms with van der Waals surface area (Å²) < 4.78 is 0. The Labute approximate surface area is 126 Å². The van der Waals surface area contributed by atoms with E-state index in [9.17, 15) is 0 Å². The molecular weight excluding hydrogens is 244 g/mol. The van der Waals surface area contributed by atoms with Crippen molar-refractivity contribution >= 4 is 0 Å². The summed E-state index contributed by atoms with van der Waals surface area (Å²) in [6, 6.07) is 2.32. The molecule has 2 heteroatoms. The average molecular weight is 281 g/mol. The molecule has 1 aliphatic carbocycles. The monoisotopic (exact) mass is 280 g/mol. The van der Waals surface area contributed by atoms with Crippen LogP contribution in [0, 0.1) is 11.8 Å². The molecule has 0 spiro atoms. The van der Waals surface area contributed by atoms with Crippen LogP contribution in [-0.4, -0.2) is 36.1 Å². The third-order valence-electron chi connectivity index (χ3n) is 5.70. The summed E-state index contributed by atoms with van der Waals surface area (Å²) in [7, 11) is 0. The highest BCUT2D eigenvalue weighted by Gasteiger charge is 2.37. The van der Waals surface area contributed by atoms with E-state index < -0.39 is 0 Å². The van der Waals surface area contributed by atoms with Crippen molar-refractivity contribution in [2.75, 3.05) is 13.1 Å². The maximum Gasteiger partial charge on any atom is 0.0254 e. The highest BCUT2D eigenvalue weighted by atomic mass is 15.2. The Hall–Kier alpha value is -0.0800. The van der Waals surface area contributed by atoms with E-state index in [1.165, 1.54) is 51.5 Å². The van der Waals surface area contributed by atoms with E-state index in [0.29, 0.717) is 0 Å². The topological polar surface area (TPSA) is 15.3 Å². The average Bonchev–Trinajstić information content (AvgIpc) is 2.41. The number of hydrogen-bond donors (Lipinski definition) is 1. The van der Waals surface area contributed by atoms with Crippen molar-refractivity contribution in [3.8, 4) is 0 Å². The minimum Gasteiger partial charge on any atom is -0.313 e. The first kappa shape index (κ1) is 16.3. The molecule has 2 aliphatic rings. The molecule has 5 unspecified atom stereocenters. The Bertz CT molecular complexity index is 279. The quantitative estimate of drug-likeness (QED) is 0.817. The van der Waals surface area contributed by atoms with Crippen LogP contribution < -0.4 is 5.32 Å². The molecule has 0 radical (unpaired) electrons. The van der Waals surface area contributed by atoms with E-state index >= 15 is 0 Å². The van der Waals surface area contributed by atoms with E-state index in [1.807, 2.05) is 0 Å². The fourth-order valence-corrected chi connectivity index (χ4v) is 4.69. The van der Waals surface area contributed by atoms with Crippen molar-refractivity contribution in [2.24, 2.45) is 11.8 Å². The zero-order valence-electron chi connectivity index (χ0n) is 14.2. The zero-order chi connectivity index (χ0) is 14.5. The van der Waals surface area contributed by atoms with Crippen LogP contribution in [0.3, 0.4) is 0 Å². The summed E-state index contributed by atoms with van der Waals surface area (Å²) in [4.78, 5) is 2.86. The van der Waals surface area contributed by atoms with Crippen LogP contribution in [0.2, 0.25) is 0 Å². The molecule has 0 amide bonds. The third-order valence-corrected chi connectivity index (χ3v) is 5.70. The summed E-state index contributed by atoms with van der Waals surface area (Å²) >= 11 is 0. The first-order valence-corrected chi connectivity index (χ1v) is 9.14. The van der Waals surface area contributed by atoms with Crippen molar-refractivity contribution in [3.63, 3.8) is 0 Å². The minimum atomic E-state index is 0.740. The van der Waals surface area contributed by atoms with Crippen LogP contribution >= 0.6 is 0 Å². The fraction of sp³-hybridized carbons (Fsp3) is 1.00. The molecule has 1 N–H and O–H groups in total. The fourth-order valence-electron chi connectivity index (χ4n) is 4.69. The van der Waals surface area contributed by atoms with Gasteiger partial charge >= 0.3 is 0 Å². The molecule has 1 heterocycles. The summed E-state index contributed by atoms with van der Waals surface area (Å²) in [5.74, 6) is 1.90. The molecule has 0 aromatic rings. The van der Waals surface area contributed by atoms with Gasteiger partial charge in [-0.05, 0) is 64.0 Å². The number of rotatable bonds is 5. The first-order valence-electron chi connectivity index (χ1n) is 9.14. The van der Waals surface area contributed by atoms with Crippen LogP contribution in [0.4, 0.5) is 0 Å². The smallest absolute Gasteiger partial charge is 0.0254 e. The largest absolute Gasteiger partial charge is 0.313 e. The van der Waals surface area contributed by atoms with Gasteiger partial charge in [-0.25, -0.2) is 0 Å². The van der Waals surface area contributed by atoms with E-state index in [-0.39, 0.29) is 0 Å². The predicted octanol–water partition coefficient (Wildman–Crippen LogP) is 4.05. The Balaban J connectivity index is 2.02. The second kappa shape index (κ2) is 7.79. The summed E-state index contributed by atoms with van der Waals surface area (Å²) in [6.07, 6.45) is 9.86. The molecule has 20 heavy (non-hydrogen) atoms. The first-order chi connectivity index (χ1) is 9.65. The lowest BCUT2D eigenvalue weighted by Gasteiger charge is -2.48. The molecule has 0 aromatic heterocycles. The predicted molar refractivity (Wildman–Crippen MR) is 88.1 cm³/mol. The van der Waals surface area contributed by atoms with Gasteiger partial charge in [0, 0.05) is 18.1 Å². The number of nitrogens with zero attached hydrogens (tertiary/aromatic N) is 1. The van der Waals surface area contributed by atoms with Crippen molar-refractivity contribution in [1.29, 1.82) is 0 Å². The van der Waals surface area contributed by atoms with Gasteiger partial charge in [-0.2, -0.15) is 0 Å². The standard InChI is InChI=1S/C18H36N2/c1-5-7-16-8-9-17(19-6-2)18(13-16)20-11-10-14(3)12-15(20)4/h14-19H,5-13H2,1-4H3. The second-order valence-electron chi connectivity index (χ2n) is 7.42. The van der Waals surface area contributed by atoms with Gasteiger partial charge in [-0.15, -0.1) is 0 Å². The van der Waals surface area contributed by atoms with E-state index in [4.69, 9.17) is 0 Å². The molecular formula is C18H36N2. The lowest BCUT2D eigenvalue weighted by molar-refractivity contribution is 0.0293. The minimum absolute atomic E-state index is 0.740. The van der Waals surface area contributed by atoms with Gasteiger partial charge in [-0.1, -0.05) is 33.6 Å².